The molecule has 2 aromatic heterocycles. The molecule has 1 amide bonds. The van der Waals surface area contributed by atoms with Gasteiger partial charge in [-0.15, -0.1) is 11.3 Å². The van der Waals surface area contributed by atoms with Gasteiger partial charge in [-0.3, -0.25) is 4.79 Å². The van der Waals surface area contributed by atoms with Gasteiger partial charge in [-0.1, -0.05) is 0 Å². The van der Waals surface area contributed by atoms with Crippen molar-refractivity contribution in [2.24, 2.45) is 12.0 Å². The maximum absolute atomic E-state index is 11.7. The van der Waals surface area contributed by atoms with E-state index in [1.807, 2.05) is 5.38 Å². The van der Waals surface area contributed by atoms with Crippen LogP contribution in [0.25, 0.3) is 0 Å². The fraction of sp³-hybridized carbons (Fsp3) is 0.100. The van der Waals surface area contributed by atoms with Crippen molar-refractivity contribution in [2.45, 2.75) is 0 Å². The number of carbonyl (C=O) groups is 1. The molecule has 0 aromatic carbocycles. The molecule has 0 saturated carbocycles. The third kappa shape index (κ3) is 2.01. The first-order chi connectivity index (χ1) is 7.68. The first kappa shape index (κ1) is 10.6. The van der Waals surface area contributed by atoms with E-state index in [-0.39, 0.29) is 5.69 Å². The molecule has 0 aliphatic rings. The lowest BCUT2D eigenvalue weighted by Gasteiger charge is -1.98. The average Bonchev–Trinajstić information content (AvgIpc) is 2.65. The first-order valence-electron chi connectivity index (χ1n) is 4.56. The summed E-state index contributed by atoms with van der Waals surface area (Å²) in [4.78, 5) is 16.1. The van der Waals surface area contributed by atoms with Crippen LogP contribution >= 0.6 is 11.3 Å². The molecule has 0 radical (unpaired) electrons. The molecule has 6 heteroatoms. The Morgan fingerprint density at radius 3 is 3.00 bits per heavy atom. The fourth-order valence-corrected chi connectivity index (χ4v) is 1.90. The maximum atomic E-state index is 11.7. The van der Waals surface area contributed by atoms with E-state index in [1.165, 1.54) is 23.6 Å². The van der Waals surface area contributed by atoms with E-state index in [9.17, 15) is 10.0 Å². The predicted octanol–water partition coefficient (Wildman–Crippen LogP) is 0.461. The highest BCUT2D eigenvalue weighted by molar-refractivity contribution is 7.07. The van der Waals surface area contributed by atoms with Crippen LogP contribution in [-0.2, 0) is 7.05 Å². The smallest absolute Gasteiger partial charge is 0.345 e. The highest BCUT2D eigenvalue weighted by Gasteiger charge is 2.13. The molecule has 0 saturated heterocycles. The molecule has 2 heterocycles. The van der Waals surface area contributed by atoms with Crippen LogP contribution in [-0.4, -0.2) is 10.5 Å². The number of hydrogen-bond acceptors (Lipinski definition) is 3. The van der Waals surface area contributed by atoms with Crippen LogP contribution in [0.15, 0.2) is 41.0 Å². The number of rotatable bonds is 1. The van der Waals surface area contributed by atoms with Crippen molar-refractivity contribution in [2.75, 3.05) is 0 Å². The lowest BCUT2D eigenvalue weighted by molar-refractivity contribution is -0.607. The number of pyridine rings is 1. The monoisotopic (exact) mass is 235 g/mol. The molecule has 2 aromatic rings. The number of aryl methyl sites for hydroxylation is 1. The van der Waals surface area contributed by atoms with Crippen LogP contribution in [0.3, 0.4) is 0 Å². The maximum Gasteiger partial charge on any atom is 0.345 e. The Morgan fingerprint density at radius 1 is 1.56 bits per heavy atom. The van der Waals surface area contributed by atoms with Gasteiger partial charge >= 0.3 is 5.91 Å². The standard InChI is InChI=1S/C10H9N3O2S/c1-12-6-7-16-10(12)11-9(14)8-4-2-3-5-13(8)15/h2-7H,1H3. The summed E-state index contributed by atoms with van der Waals surface area (Å²) in [5.41, 5.74) is 0.0240. The second-order valence-corrected chi connectivity index (χ2v) is 4.00. The van der Waals surface area contributed by atoms with E-state index in [4.69, 9.17) is 0 Å². The molecule has 82 valence electrons. The summed E-state index contributed by atoms with van der Waals surface area (Å²) in [6, 6.07) is 4.65. The van der Waals surface area contributed by atoms with Crippen LogP contribution < -0.4 is 9.53 Å². The zero-order valence-electron chi connectivity index (χ0n) is 8.53. The molecule has 0 spiro atoms. The summed E-state index contributed by atoms with van der Waals surface area (Å²) in [6.07, 6.45) is 3.07. The molecule has 0 aliphatic heterocycles. The molecule has 0 N–H and O–H groups in total. The van der Waals surface area contributed by atoms with E-state index in [0.29, 0.717) is 9.53 Å². The number of carbonyl (C=O) groups excluding carboxylic acids is 1. The van der Waals surface area contributed by atoms with Crippen molar-refractivity contribution in [1.82, 2.24) is 4.57 Å². The van der Waals surface area contributed by atoms with E-state index in [1.54, 1.807) is 29.9 Å². The SMILES string of the molecule is Cn1ccsc1=NC(=O)c1cccc[n+]1[O-]. The van der Waals surface area contributed by atoms with Gasteiger partial charge in [-0.25, -0.2) is 0 Å². The van der Waals surface area contributed by atoms with E-state index >= 15 is 0 Å². The number of thiazole rings is 1. The topological polar surface area (TPSA) is 61.3 Å². The van der Waals surface area contributed by atoms with Gasteiger partial charge in [-0.2, -0.15) is 9.72 Å². The fourth-order valence-electron chi connectivity index (χ4n) is 1.17. The second kappa shape index (κ2) is 4.28. The zero-order chi connectivity index (χ0) is 11.5. The number of nitrogens with zero attached hydrogens (tertiary/aromatic N) is 3. The predicted molar refractivity (Wildman–Crippen MR) is 58.6 cm³/mol. The Morgan fingerprint density at radius 2 is 2.38 bits per heavy atom. The molecule has 2 rings (SSSR count). The highest BCUT2D eigenvalue weighted by Crippen LogP contribution is 1.94. The van der Waals surface area contributed by atoms with Crippen LogP contribution in [0, 0.1) is 5.21 Å². The average molecular weight is 235 g/mol. The number of aromatic nitrogens is 2. The summed E-state index contributed by atoms with van der Waals surface area (Å²) in [5, 5.41) is 13.1. The molecule has 0 unspecified atom stereocenters. The van der Waals surface area contributed by atoms with Crippen molar-refractivity contribution in [3.05, 3.63) is 51.7 Å². The molecule has 5 nitrogen and oxygen atoms in total. The van der Waals surface area contributed by atoms with Crippen molar-refractivity contribution < 1.29 is 9.52 Å². The first-order valence-corrected chi connectivity index (χ1v) is 5.44. The lowest BCUT2D eigenvalue weighted by atomic mass is 10.3. The van der Waals surface area contributed by atoms with Gasteiger partial charge in [0.25, 0.3) is 5.69 Å². The van der Waals surface area contributed by atoms with Gasteiger partial charge in [0, 0.05) is 30.8 Å². The van der Waals surface area contributed by atoms with Crippen molar-refractivity contribution >= 4 is 17.2 Å². The summed E-state index contributed by atoms with van der Waals surface area (Å²) >= 11 is 1.34. The molecular weight excluding hydrogens is 226 g/mol. The lowest BCUT2D eigenvalue weighted by Crippen LogP contribution is -2.33. The van der Waals surface area contributed by atoms with Gasteiger partial charge in [0.05, 0.1) is 0 Å². The van der Waals surface area contributed by atoms with Crippen LogP contribution in [0.2, 0.25) is 0 Å². The molecule has 0 bridgehead atoms. The minimum Gasteiger partial charge on any atom is -0.618 e. The normalized spacial score (nSPS) is 11.7. The Kier molecular flexibility index (Phi) is 2.82. The summed E-state index contributed by atoms with van der Waals surface area (Å²) in [7, 11) is 1.79. The van der Waals surface area contributed by atoms with Gasteiger partial charge in [-0.05, 0) is 6.07 Å². The third-order valence-electron chi connectivity index (χ3n) is 2.00. The summed E-state index contributed by atoms with van der Waals surface area (Å²) in [5.74, 6) is -0.534. The molecule has 0 fully saturated rings. The van der Waals surface area contributed by atoms with Crippen molar-refractivity contribution in [1.29, 1.82) is 0 Å². The Hall–Kier alpha value is -1.95. The Bertz CT molecular complexity index is 586. The third-order valence-corrected chi connectivity index (χ3v) is 2.85. The highest BCUT2D eigenvalue weighted by atomic mass is 32.1. The van der Waals surface area contributed by atoms with E-state index in [2.05, 4.69) is 4.99 Å². The van der Waals surface area contributed by atoms with Crippen molar-refractivity contribution in [3.8, 4) is 0 Å². The number of hydrogen-bond donors (Lipinski definition) is 0. The zero-order valence-corrected chi connectivity index (χ0v) is 9.35. The Balaban J connectivity index is 2.43. The van der Waals surface area contributed by atoms with E-state index < -0.39 is 5.91 Å². The Labute approximate surface area is 95.5 Å². The minimum absolute atomic E-state index is 0.0240. The van der Waals surface area contributed by atoms with Gasteiger partial charge < -0.3 is 9.77 Å². The van der Waals surface area contributed by atoms with Crippen LogP contribution in [0.5, 0.6) is 0 Å². The van der Waals surface area contributed by atoms with Crippen LogP contribution in [0.4, 0.5) is 0 Å². The second-order valence-electron chi connectivity index (χ2n) is 3.13. The van der Waals surface area contributed by atoms with Crippen LogP contribution in [0.1, 0.15) is 10.5 Å². The van der Waals surface area contributed by atoms with E-state index in [0.717, 1.165) is 0 Å². The summed E-state index contributed by atoms with van der Waals surface area (Å²) < 4.78 is 2.24. The van der Waals surface area contributed by atoms with Gasteiger partial charge in [0.1, 0.15) is 0 Å². The molecule has 16 heavy (non-hydrogen) atoms. The number of amides is 1. The summed E-state index contributed by atoms with van der Waals surface area (Å²) in [6.45, 7) is 0. The molecular formula is C10H9N3O2S. The molecule has 0 atom stereocenters. The van der Waals surface area contributed by atoms with Crippen molar-refractivity contribution in [3.63, 3.8) is 0 Å². The van der Waals surface area contributed by atoms with Gasteiger partial charge in [0.2, 0.25) is 0 Å². The largest absolute Gasteiger partial charge is 0.618 e. The minimum atomic E-state index is -0.534. The quantitative estimate of drug-likeness (QED) is 0.532. The molecule has 0 aliphatic carbocycles. The van der Waals surface area contributed by atoms with Gasteiger partial charge in [0.15, 0.2) is 11.0 Å².